The first kappa shape index (κ1) is 9.02. The van der Waals surface area contributed by atoms with Crippen LogP contribution in [0.5, 0.6) is 5.75 Å². The van der Waals surface area contributed by atoms with Gasteiger partial charge in [-0.05, 0) is 24.3 Å². The van der Waals surface area contributed by atoms with Gasteiger partial charge in [0.1, 0.15) is 5.75 Å². The monoisotopic (exact) mass is 186 g/mol. The van der Waals surface area contributed by atoms with E-state index in [2.05, 4.69) is 0 Å². The molecule has 0 radical (unpaired) electrons. The fourth-order valence-corrected chi connectivity index (χ4v) is 1.04. The lowest BCUT2D eigenvalue weighted by Crippen LogP contribution is -2.19. The molecule has 0 spiro atoms. The normalized spacial score (nSPS) is 12.5. The van der Waals surface area contributed by atoms with Crippen molar-refractivity contribution in [1.29, 1.82) is 0 Å². The highest BCUT2D eigenvalue weighted by Gasteiger charge is 1.98. The second-order valence-electron chi connectivity index (χ2n) is 2.23. The number of nitrogens with zero attached hydrogens (tertiary/aromatic N) is 1. The van der Waals surface area contributed by atoms with Crippen molar-refractivity contribution in [3.05, 3.63) is 24.3 Å². The zero-order chi connectivity index (χ0) is 9.14. The Morgan fingerprint density at radius 2 is 1.92 bits per heavy atom. The minimum Gasteiger partial charge on any atom is -0.755 e. The summed E-state index contributed by atoms with van der Waals surface area (Å²) in [5.74, 6) is 0.115. The molecule has 0 aliphatic carbocycles. The Kier molecular flexibility index (Phi) is 2.67. The highest BCUT2D eigenvalue weighted by molar-refractivity contribution is 7.80. The maximum Gasteiger partial charge on any atom is 0.115 e. The SMILES string of the molecule is CN(c1ccc(O)cc1)S(=O)[O-]. The first-order chi connectivity index (χ1) is 5.61. The lowest BCUT2D eigenvalue weighted by Gasteiger charge is -2.20. The Morgan fingerprint density at radius 1 is 1.42 bits per heavy atom. The van der Waals surface area contributed by atoms with Crippen molar-refractivity contribution < 1.29 is 13.9 Å². The van der Waals surface area contributed by atoms with Gasteiger partial charge in [-0.1, -0.05) is 0 Å². The first-order valence-electron chi connectivity index (χ1n) is 3.23. The second kappa shape index (κ2) is 3.55. The molecule has 0 saturated carbocycles. The first-order valence-corrected chi connectivity index (χ1v) is 4.26. The third kappa shape index (κ3) is 1.96. The molecule has 1 atom stereocenters. The van der Waals surface area contributed by atoms with Gasteiger partial charge in [0.2, 0.25) is 0 Å². The van der Waals surface area contributed by atoms with Crippen LogP contribution in [0.4, 0.5) is 5.69 Å². The van der Waals surface area contributed by atoms with Crippen LogP contribution in [0.15, 0.2) is 24.3 Å². The lowest BCUT2D eigenvalue weighted by molar-refractivity contribution is 0.475. The van der Waals surface area contributed by atoms with E-state index in [4.69, 9.17) is 5.11 Å². The standard InChI is InChI=1S/C7H9NO3S/c1-8(12(10)11)6-2-4-7(9)5-3-6/h2-5,9H,1H3,(H,10,11)/p-1. The van der Waals surface area contributed by atoms with Gasteiger partial charge in [-0.15, -0.1) is 0 Å². The van der Waals surface area contributed by atoms with Crippen molar-refractivity contribution in [3.63, 3.8) is 0 Å². The van der Waals surface area contributed by atoms with Crippen molar-refractivity contribution in [2.75, 3.05) is 11.4 Å². The van der Waals surface area contributed by atoms with Gasteiger partial charge < -0.3 is 14.0 Å². The molecule has 1 aromatic carbocycles. The summed E-state index contributed by atoms with van der Waals surface area (Å²) in [6.07, 6.45) is 0. The van der Waals surface area contributed by atoms with Crippen LogP contribution in [0.2, 0.25) is 0 Å². The van der Waals surface area contributed by atoms with Crippen LogP contribution in [0.1, 0.15) is 0 Å². The Labute approximate surface area is 72.9 Å². The van der Waals surface area contributed by atoms with Crippen molar-refractivity contribution >= 4 is 17.0 Å². The molecule has 1 aromatic rings. The van der Waals surface area contributed by atoms with Crippen LogP contribution in [-0.4, -0.2) is 20.9 Å². The lowest BCUT2D eigenvalue weighted by atomic mass is 10.3. The molecular formula is C7H8NO3S-. The van der Waals surface area contributed by atoms with E-state index >= 15 is 0 Å². The predicted molar refractivity (Wildman–Crippen MR) is 45.4 cm³/mol. The van der Waals surface area contributed by atoms with Gasteiger partial charge >= 0.3 is 0 Å². The maximum atomic E-state index is 10.4. The van der Waals surface area contributed by atoms with Crippen molar-refractivity contribution in [1.82, 2.24) is 0 Å². The van der Waals surface area contributed by atoms with Crippen LogP contribution in [0, 0.1) is 0 Å². The zero-order valence-electron chi connectivity index (χ0n) is 6.43. The van der Waals surface area contributed by atoms with E-state index in [-0.39, 0.29) is 5.75 Å². The number of aromatic hydroxyl groups is 1. The van der Waals surface area contributed by atoms with Gasteiger partial charge in [0.15, 0.2) is 0 Å². The Morgan fingerprint density at radius 3 is 2.33 bits per heavy atom. The van der Waals surface area contributed by atoms with E-state index in [9.17, 15) is 8.76 Å². The zero-order valence-corrected chi connectivity index (χ0v) is 7.25. The maximum absolute atomic E-state index is 10.4. The van der Waals surface area contributed by atoms with Crippen LogP contribution in [0.3, 0.4) is 0 Å². The van der Waals surface area contributed by atoms with Crippen LogP contribution in [-0.2, 0) is 11.3 Å². The molecule has 12 heavy (non-hydrogen) atoms. The molecule has 0 bridgehead atoms. The average Bonchev–Trinajstić information content (AvgIpc) is 2.04. The number of benzene rings is 1. The van der Waals surface area contributed by atoms with Gasteiger partial charge in [0, 0.05) is 24.0 Å². The molecule has 4 nitrogen and oxygen atoms in total. The molecule has 0 amide bonds. The molecule has 0 aliphatic rings. The Bertz CT molecular complexity index is 285. The van der Waals surface area contributed by atoms with E-state index < -0.39 is 11.3 Å². The van der Waals surface area contributed by atoms with Crippen LogP contribution >= 0.6 is 0 Å². The van der Waals surface area contributed by atoms with Gasteiger partial charge in [-0.25, -0.2) is 0 Å². The van der Waals surface area contributed by atoms with E-state index in [1.807, 2.05) is 0 Å². The summed E-state index contributed by atoms with van der Waals surface area (Å²) in [7, 11) is 1.43. The van der Waals surface area contributed by atoms with Crippen molar-refractivity contribution in [2.45, 2.75) is 0 Å². The van der Waals surface area contributed by atoms with E-state index in [1.165, 1.54) is 31.3 Å². The molecule has 0 aromatic heterocycles. The van der Waals surface area contributed by atoms with E-state index in [0.29, 0.717) is 5.69 Å². The minimum atomic E-state index is -2.27. The number of rotatable bonds is 2. The van der Waals surface area contributed by atoms with Gasteiger partial charge in [0.05, 0.1) is 0 Å². The molecule has 1 N–H and O–H groups in total. The number of phenols is 1. The minimum absolute atomic E-state index is 0.115. The predicted octanol–water partition coefficient (Wildman–Crippen LogP) is 0.623. The number of anilines is 1. The molecule has 0 aliphatic heterocycles. The van der Waals surface area contributed by atoms with Crippen molar-refractivity contribution in [3.8, 4) is 5.75 Å². The Hall–Kier alpha value is -1.07. The fraction of sp³-hybridized carbons (Fsp3) is 0.143. The smallest absolute Gasteiger partial charge is 0.115 e. The summed E-state index contributed by atoms with van der Waals surface area (Å²) in [5.41, 5.74) is 0.515. The molecule has 0 saturated heterocycles. The summed E-state index contributed by atoms with van der Waals surface area (Å²) < 4.78 is 22.0. The largest absolute Gasteiger partial charge is 0.755 e. The topological polar surface area (TPSA) is 63.6 Å². The average molecular weight is 186 g/mol. The van der Waals surface area contributed by atoms with Crippen LogP contribution < -0.4 is 4.31 Å². The molecule has 0 fully saturated rings. The molecule has 1 unspecified atom stereocenters. The highest BCUT2D eigenvalue weighted by atomic mass is 32.2. The van der Waals surface area contributed by atoms with Crippen LogP contribution in [0.25, 0.3) is 0 Å². The van der Waals surface area contributed by atoms with Gasteiger partial charge in [-0.2, -0.15) is 0 Å². The van der Waals surface area contributed by atoms with Crippen molar-refractivity contribution in [2.24, 2.45) is 0 Å². The summed E-state index contributed by atoms with van der Waals surface area (Å²) in [6, 6.07) is 5.90. The number of hydrogen-bond donors (Lipinski definition) is 1. The van der Waals surface area contributed by atoms with E-state index in [0.717, 1.165) is 4.31 Å². The van der Waals surface area contributed by atoms with E-state index in [1.54, 1.807) is 0 Å². The summed E-state index contributed by atoms with van der Waals surface area (Å²) in [6.45, 7) is 0. The molecule has 1 rings (SSSR count). The summed E-state index contributed by atoms with van der Waals surface area (Å²) >= 11 is -2.27. The number of hydrogen-bond acceptors (Lipinski definition) is 3. The fourth-order valence-electron chi connectivity index (χ4n) is 0.749. The summed E-state index contributed by atoms with van der Waals surface area (Å²) in [5, 5.41) is 8.90. The Balaban J connectivity index is 2.89. The summed E-state index contributed by atoms with van der Waals surface area (Å²) in [4.78, 5) is 0. The second-order valence-corrected chi connectivity index (χ2v) is 3.21. The third-order valence-corrected chi connectivity index (χ3v) is 2.09. The molecule has 66 valence electrons. The third-order valence-electron chi connectivity index (χ3n) is 1.44. The van der Waals surface area contributed by atoms with Gasteiger partial charge in [-0.3, -0.25) is 4.21 Å². The molecule has 0 heterocycles. The van der Waals surface area contributed by atoms with Gasteiger partial charge in [0.25, 0.3) is 0 Å². The molecular weight excluding hydrogens is 178 g/mol. The number of phenolic OH excluding ortho intramolecular Hbond substituents is 1. The quantitative estimate of drug-likeness (QED) is 0.689. The highest BCUT2D eigenvalue weighted by Crippen LogP contribution is 2.17. The molecule has 5 heteroatoms.